The Hall–Kier alpha value is -1.73. The smallest absolute Gasteiger partial charge is 0.127 e. The first-order valence-corrected chi connectivity index (χ1v) is 8.46. The highest BCUT2D eigenvalue weighted by Crippen LogP contribution is 2.20. The molecule has 6 nitrogen and oxygen atoms in total. The molecule has 0 saturated carbocycles. The third kappa shape index (κ3) is 4.42. The van der Waals surface area contributed by atoms with Gasteiger partial charge < -0.3 is 19.7 Å². The van der Waals surface area contributed by atoms with Crippen LogP contribution in [-0.2, 0) is 18.4 Å². The standard InChI is InChI=1S/C18H26N4O2/c1-21-9-8-20-18(21)17-11-19-7-10-22(17)12-16(23)14-24-13-15-5-3-2-4-6-15/h2-6,8-9,16-17,19,23H,7,10-14H2,1H3. The molecule has 0 bridgehead atoms. The Bertz CT molecular complexity index is 616. The summed E-state index contributed by atoms with van der Waals surface area (Å²) in [4.78, 5) is 6.75. The Labute approximate surface area is 143 Å². The van der Waals surface area contributed by atoms with Gasteiger partial charge in [-0.1, -0.05) is 30.3 Å². The lowest BCUT2D eigenvalue weighted by Gasteiger charge is -2.36. The second-order valence-electron chi connectivity index (χ2n) is 6.27. The van der Waals surface area contributed by atoms with Gasteiger partial charge >= 0.3 is 0 Å². The maximum absolute atomic E-state index is 10.3. The van der Waals surface area contributed by atoms with Crippen LogP contribution in [0.1, 0.15) is 17.4 Å². The van der Waals surface area contributed by atoms with Crippen LogP contribution in [0.5, 0.6) is 0 Å². The van der Waals surface area contributed by atoms with Crippen molar-refractivity contribution < 1.29 is 9.84 Å². The Morgan fingerprint density at radius 3 is 2.96 bits per heavy atom. The average molecular weight is 330 g/mol. The average Bonchev–Trinajstić information content (AvgIpc) is 3.02. The summed E-state index contributed by atoms with van der Waals surface area (Å²) in [5, 5.41) is 13.8. The van der Waals surface area contributed by atoms with E-state index in [1.54, 1.807) is 0 Å². The largest absolute Gasteiger partial charge is 0.389 e. The summed E-state index contributed by atoms with van der Waals surface area (Å²) >= 11 is 0. The summed E-state index contributed by atoms with van der Waals surface area (Å²) in [6.45, 7) is 4.14. The molecular formula is C18H26N4O2. The Morgan fingerprint density at radius 1 is 1.38 bits per heavy atom. The molecular weight excluding hydrogens is 304 g/mol. The first-order valence-electron chi connectivity index (χ1n) is 8.46. The van der Waals surface area contributed by atoms with Gasteiger partial charge in [0.1, 0.15) is 5.82 Å². The van der Waals surface area contributed by atoms with Gasteiger partial charge in [-0.05, 0) is 5.56 Å². The molecule has 2 N–H and O–H groups in total. The van der Waals surface area contributed by atoms with E-state index in [0.29, 0.717) is 19.8 Å². The number of ether oxygens (including phenoxy) is 1. The molecule has 1 aliphatic heterocycles. The lowest BCUT2D eigenvalue weighted by molar-refractivity contribution is -0.00269. The number of piperazine rings is 1. The molecule has 130 valence electrons. The maximum atomic E-state index is 10.3. The molecule has 0 spiro atoms. The quantitative estimate of drug-likeness (QED) is 0.791. The predicted molar refractivity (Wildman–Crippen MR) is 92.5 cm³/mol. The summed E-state index contributed by atoms with van der Waals surface area (Å²) in [6.07, 6.45) is 3.28. The first-order chi connectivity index (χ1) is 11.7. The highest BCUT2D eigenvalue weighted by Gasteiger charge is 2.28. The molecule has 2 aromatic rings. The molecule has 0 amide bonds. The zero-order valence-electron chi connectivity index (χ0n) is 14.1. The number of hydrogen-bond donors (Lipinski definition) is 2. The predicted octanol–water partition coefficient (Wildman–Crippen LogP) is 0.944. The van der Waals surface area contributed by atoms with E-state index in [1.807, 2.05) is 54.3 Å². The van der Waals surface area contributed by atoms with Crippen LogP contribution in [0, 0.1) is 0 Å². The van der Waals surface area contributed by atoms with Crippen LogP contribution in [0.25, 0.3) is 0 Å². The van der Waals surface area contributed by atoms with Crippen molar-refractivity contribution in [2.45, 2.75) is 18.8 Å². The van der Waals surface area contributed by atoms with Crippen LogP contribution in [0.3, 0.4) is 0 Å². The molecule has 0 aliphatic carbocycles. The van der Waals surface area contributed by atoms with Gasteiger partial charge in [0.05, 0.1) is 25.4 Å². The number of imidazole rings is 1. The lowest BCUT2D eigenvalue weighted by atomic mass is 10.1. The number of hydrogen-bond acceptors (Lipinski definition) is 5. The summed E-state index contributed by atoms with van der Waals surface area (Å²) in [5.74, 6) is 1.03. The third-order valence-corrected chi connectivity index (χ3v) is 4.38. The topological polar surface area (TPSA) is 62.6 Å². The van der Waals surface area contributed by atoms with Crippen molar-refractivity contribution in [2.75, 3.05) is 32.8 Å². The SMILES string of the molecule is Cn1ccnc1C1CNCCN1CC(O)COCc1ccccc1. The van der Waals surface area contributed by atoms with Gasteiger partial charge in [-0.3, -0.25) is 4.90 Å². The van der Waals surface area contributed by atoms with E-state index in [1.165, 1.54) is 0 Å². The van der Waals surface area contributed by atoms with Crippen LogP contribution < -0.4 is 5.32 Å². The molecule has 1 fully saturated rings. The van der Waals surface area contributed by atoms with E-state index in [0.717, 1.165) is 31.0 Å². The summed E-state index contributed by atoms with van der Waals surface area (Å²) in [6, 6.07) is 10.2. The number of β-amino-alcohol motifs (C(OH)–C–C–N with tert-alkyl or cyclic N) is 1. The van der Waals surface area contributed by atoms with Gasteiger partial charge in [-0.15, -0.1) is 0 Å². The number of nitrogens with one attached hydrogen (secondary N) is 1. The van der Waals surface area contributed by atoms with Crippen LogP contribution in [0.15, 0.2) is 42.7 Å². The highest BCUT2D eigenvalue weighted by molar-refractivity contribution is 5.13. The van der Waals surface area contributed by atoms with E-state index in [4.69, 9.17) is 4.74 Å². The molecule has 24 heavy (non-hydrogen) atoms. The van der Waals surface area contributed by atoms with E-state index in [2.05, 4.69) is 15.2 Å². The molecule has 1 aliphatic rings. The number of benzene rings is 1. The van der Waals surface area contributed by atoms with Crippen molar-refractivity contribution >= 4 is 0 Å². The third-order valence-electron chi connectivity index (χ3n) is 4.38. The highest BCUT2D eigenvalue weighted by atomic mass is 16.5. The second kappa shape index (κ2) is 8.39. The number of aromatic nitrogens is 2. The Morgan fingerprint density at radius 2 is 2.21 bits per heavy atom. The van der Waals surface area contributed by atoms with Gasteiger partial charge in [-0.2, -0.15) is 0 Å². The molecule has 2 heterocycles. The van der Waals surface area contributed by atoms with Gasteiger partial charge in [0.2, 0.25) is 0 Å². The van der Waals surface area contributed by atoms with Crippen LogP contribution in [-0.4, -0.2) is 58.4 Å². The van der Waals surface area contributed by atoms with Gasteiger partial charge in [0, 0.05) is 45.6 Å². The first kappa shape index (κ1) is 17.1. The zero-order chi connectivity index (χ0) is 16.8. The van der Waals surface area contributed by atoms with Crippen LogP contribution in [0.4, 0.5) is 0 Å². The van der Waals surface area contributed by atoms with E-state index in [-0.39, 0.29) is 6.04 Å². The van der Waals surface area contributed by atoms with E-state index < -0.39 is 6.10 Å². The van der Waals surface area contributed by atoms with Crippen molar-refractivity contribution in [3.8, 4) is 0 Å². The van der Waals surface area contributed by atoms with Crippen molar-refractivity contribution in [1.29, 1.82) is 0 Å². The lowest BCUT2D eigenvalue weighted by Crippen LogP contribution is -2.49. The second-order valence-corrected chi connectivity index (χ2v) is 6.27. The Balaban J connectivity index is 1.50. The molecule has 2 atom stereocenters. The monoisotopic (exact) mass is 330 g/mol. The van der Waals surface area contributed by atoms with Gasteiger partial charge in [-0.25, -0.2) is 4.98 Å². The van der Waals surface area contributed by atoms with Crippen LogP contribution >= 0.6 is 0 Å². The summed E-state index contributed by atoms with van der Waals surface area (Å²) < 4.78 is 7.70. The molecule has 1 aromatic carbocycles. The molecule has 3 rings (SSSR count). The molecule has 1 aromatic heterocycles. The van der Waals surface area contributed by atoms with E-state index >= 15 is 0 Å². The summed E-state index contributed by atoms with van der Waals surface area (Å²) in [7, 11) is 2.01. The zero-order valence-corrected chi connectivity index (χ0v) is 14.1. The van der Waals surface area contributed by atoms with Gasteiger partial charge in [0.25, 0.3) is 0 Å². The fourth-order valence-corrected chi connectivity index (χ4v) is 3.13. The Kier molecular flexibility index (Phi) is 5.98. The minimum absolute atomic E-state index is 0.183. The fraction of sp³-hybridized carbons (Fsp3) is 0.500. The molecule has 2 unspecified atom stereocenters. The number of aliphatic hydroxyl groups excluding tert-OH is 1. The minimum Gasteiger partial charge on any atom is -0.389 e. The number of nitrogens with zero attached hydrogens (tertiary/aromatic N) is 3. The summed E-state index contributed by atoms with van der Waals surface area (Å²) in [5.41, 5.74) is 1.12. The number of rotatable bonds is 7. The molecule has 0 radical (unpaired) electrons. The van der Waals surface area contributed by atoms with Crippen LogP contribution in [0.2, 0.25) is 0 Å². The van der Waals surface area contributed by atoms with Crippen molar-refractivity contribution in [2.24, 2.45) is 7.05 Å². The normalized spacial score (nSPS) is 20.2. The van der Waals surface area contributed by atoms with Crippen molar-refractivity contribution in [3.05, 3.63) is 54.1 Å². The number of aliphatic hydroxyl groups is 1. The van der Waals surface area contributed by atoms with Gasteiger partial charge in [0.15, 0.2) is 0 Å². The maximum Gasteiger partial charge on any atom is 0.127 e. The number of aryl methyl sites for hydroxylation is 1. The van der Waals surface area contributed by atoms with Crippen molar-refractivity contribution in [1.82, 2.24) is 19.8 Å². The minimum atomic E-state index is -0.505. The van der Waals surface area contributed by atoms with E-state index in [9.17, 15) is 5.11 Å². The fourth-order valence-electron chi connectivity index (χ4n) is 3.13. The van der Waals surface area contributed by atoms with Crippen molar-refractivity contribution in [3.63, 3.8) is 0 Å². The molecule has 1 saturated heterocycles. The molecule has 6 heteroatoms.